The summed E-state index contributed by atoms with van der Waals surface area (Å²) in [5.41, 5.74) is 2.90. The molecule has 0 fully saturated rings. The van der Waals surface area contributed by atoms with Gasteiger partial charge in [-0.3, -0.25) is 4.79 Å². The first-order valence-corrected chi connectivity index (χ1v) is 6.98. The normalized spacial score (nSPS) is 10.8. The van der Waals surface area contributed by atoms with E-state index in [4.69, 9.17) is 8.94 Å². The molecule has 0 spiro atoms. The van der Waals surface area contributed by atoms with E-state index in [0.717, 1.165) is 16.7 Å². The third-order valence-corrected chi connectivity index (χ3v) is 3.32. The fourth-order valence-electron chi connectivity index (χ4n) is 2.25. The standard InChI is InChI=1S/C17H11N3O3/c21-16(15-8-9-18-23-15)19-12-5-3-4-11(10-12)17-20-13-6-1-2-7-14(13)22-17/h1-10H,(H,19,21). The zero-order valence-corrected chi connectivity index (χ0v) is 11.9. The van der Waals surface area contributed by atoms with E-state index in [1.165, 1.54) is 12.3 Å². The van der Waals surface area contributed by atoms with Crippen molar-refractivity contribution in [2.45, 2.75) is 0 Å². The molecule has 1 N–H and O–H groups in total. The molecule has 2 heterocycles. The van der Waals surface area contributed by atoms with Crippen LogP contribution in [0.3, 0.4) is 0 Å². The number of oxazole rings is 1. The lowest BCUT2D eigenvalue weighted by atomic mass is 10.2. The van der Waals surface area contributed by atoms with Crippen LogP contribution in [0.1, 0.15) is 10.6 Å². The van der Waals surface area contributed by atoms with Crippen molar-refractivity contribution in [2.24, 2.45) is 0 Å². The van der Waals surface area contributed by atoms with Gasteiger partial charge in [-0.25, -0.2) is 4.98 Å². The van der Waals surface area contributed by atoms with Crippen LogP contribution in [0.2, 0.25) is 0 Å². The van der Waals surface area contributed by atoms with Crippen LogP contribution in [0.15, 0.2) is 69.7 Å². The van der Waals surface area contributed by atoms with Crippen LogP contribution in [0.4, 0.5) is 5.69 Å². The molecular weight excluding hydrogens is 294 g/mol. The van der Waals surface area contributed by atoms with Gasteiger partial charge < -0.3 is 14.3 Å². The summed E-state index contributed by atoms with van der Waals surface area (Å²) in [4.78, 5) is 16.4. The van der Waals surface area contributed by atoms with Crippen LogP contribution in [0.5, 0.6) is 0 Å². The number of para-hydroxylation sites is 2. The Bertz CT molecular complexity index is 941. The number of amides is 1. The molecule has 6 nitrogen and oxygen atoms in total. The van der Waals surface area contributed by atoms with Crippen molar-refractivity contribution in [3.8, 4) is 11.5 Å². The highest BCUT2D eigenvalue weighted by Crippen LogP contribution is 2.26. The highest BCUT2D eigenvalue weighted by Gasteiger charge is 2.12. The van der Waals surface area contributed by atoms with Gasteiger partial charge in [-0.05, 0) is 30.3 Å². The molecule has 0 unspecified atom stereocenters. The lowest BCUT2D eigenvalue weighted by molar-refractivity contribution is 0.0988. The molecule has 2 aromatic carbocycles. The van der Waals surface area contributed by atoms with E-state index < -0.39 is 0 Å². The summed E-state index contributed by atoms with van der Waals surface area (Å²) in [5.74, 6) is 0.288. The summed E-state index contributed by atoms with van der Waals surface area (Å²) < 4.78 is 10.6. The fourth-order valence-corrected chi connectivity index (χ4v) is 2.25. The maximum absolute atomic E-state index is 12.0. The second-order valence-electron chi connectivity index (χ2n) is 4.90. The maximum atomic E-state index is 12.0. The quantitative estimate of drug-likeness (QED) is 0.623. The summed E-state index contributed by atoms with van der Waals surface area (Å²) >= 11 is 0. The summed E-state index contributed by atoms with van der Waals surface area (Å²) in [6.45, 7) is 0. The number of anilines is 1. The summed E-state index contributed by atoms with van der Waals surface area (Å²) in [7, 11) is 0. The van der Waals surface area contributed by atoms with Gasteiger partial charge in [0.2, 0.25) is 11.7 Å². The SMILES string of the molecule is O=C(Nc1cccc(-c2nc3ccccc3o2)c1)c1ccno1. The third kappa shape index (κ3) is 2.57. The molecule has 2 aromatic heterocycles. The molecule has 4 rings (SSSR count). The molecule has 0 radical (unpaired) electrons. The Morgan fingerprint density at radius 3 is 2.78 bits per heavy atom. The molecule has 0 aliphatic carbocycles. The van der Waals surface area contributed by atoms with Crippen molar-refractivity contribution in [3.63, 3.8) is 0 Å². The number of fused-ring (bicyclic) bond motifs is 1. The average Bonchev–Trinajstić information content (AvgIpc) is 3.24. The zero-order chi connectivity index (χ0) is 15.6. The van der Waals surface area contributed by atoms with Gasteiger partial charge >= 0.3 is 0 Å². The van der Waals surface area contributed by atoms with Crippen molar-refractivity contribution >= 4 is 22.7 Å². The van der Waals surface area contributed by atoms with Crippen molar-refractivity contribution in [3.05, 3.63) is 66.6 Å². The lowest BCUT2D eigenvalue weighted by Crippen LogP contribution is -2.10. The van der Waals surface area contributed by atoms with Crippen LogP contribution in [-0.4, -0.2) is 16.0 Å². The van der Waals surface area contributed by atoms with E-state index in [2.05, 4.69) is 15.5 Å². The second kappa shape index (κ2) is 5.42. The van der Waals surface area contributed by atoms with E-state index in [1.54, 1.807) is 12.1 Å². The molecule has 0 atom stereocenters. The molecule has 0 bridgehead atoms. The summed E-state index contributed by atoms with van der Waals surface area (Å²) in [6.07, 6.45) is 1.42. The van der Waals surface area contributed by atoms with E-state index in [0.29, 0.717) is 11.6 Å². The smallest absolute Gasteiger partial charge is 0.294 e. The van der Waals surface area contributed by atoms with Crippen molar-refractivity contribution in [1.82, 2.24) is 10.1 Å². The molecule has 0 saturated carbocycles. The predicted molar refractivity (Wildman–Crippen MR) is 83.9 cm³/mol. The number of hydrogen-bond acceptors (Lipinski definition) is 5. The van der Waals surface area contributed by atoms with Gasteiger partial charge in [-0.2, -0.15) is 0 Å². The number of aromatic nitrogens is 2. The molecule has 0 aliphatic rings. The Morgan fingerprint density at radius 1 is 1.04 bits per heavy atom. The van der Waals surface area contributed by atoms with E-state index >= 15 is 0 Å². The molecule has 0 aliphatic heterocycles. The van der Waals surface area contributed by atoms with Gasteiger partial charge in [0.05, 0.1) is 6.20 Å². The van der Waals surface area contributed by atoms with Crippen molar-refractivity contribution < 1.29 is 13.7 Å². The topological polar surface area (TPSA) is 81.2 Å². The van der Waals surface area contributed by atoms with Crippen LogP contribution < -0.4 is 5.32 Å². The Kier molecular flexibility index (Phi) is 3.12. The summed E-state index contributed by atoms with van der Waals surface area (Å²) in [5, 5.41) is 6.26. The Morgan fingerprint density at radius 2 is 1.96 bits per heavy atom. The molecule has 4 aromatic rings. The molecule has 6 heteroatoms. The van der Waals surface area contributed by atoms with Crippen molar-refractivity contribution in [1.29, 1.82) is 0 Å². The van der Waals surface area contributed by atoms with Crippen molar-refractivity contribution in [2.75, 3.05) is 5.32 Å². The minimum absolute atomic E-state index is 0.150. The molecular formula is C17H11N3O3. The van der Waals surface area contributed by atoms with E-state index in [9.17, 15) is 4.79 Å². The predicted octanol–water partition coefficient (Wildman–Crippen LogP) is 3.74. The average molecular weight is 305 g/mol. The number of hydrogen-bond donors (Lipinski definition) is 1. The fraction of sp³-hybridized carbons (Fsp3) is 0. The number of benzene rings is 2. The Balaban J connectivity index is 1.64. The molecule has 23 heavy (non-hydrogen) atoms. The zero-order valence-electron chi connectivity index (χ0n) is 11.9. The highest BCUT2D eigenvalue weighted by atomic mass is 16.5. The lowest BCUT2D eigenvalue weighted by Gasteiger charge is -2.03. The largest absolute Gasteiger partial charge is 0.436 e. The minimum Gasteiger partial charge on any atom is -0.436 e. The molecule has 112 valence electrons. The first-order valence-electron chi connectivity index (χ1n) is 6.98. The first kappa shape index (κ1) is 13.3. The number of nitrogens with one attached hydrogen (secondary N) is 1. The van der Waals surface area contributed by atoms with Crippen LogP contribution in [0, 0.1) is 0 Å². The van der Waals surface area contributed by atoms with Gasteiger partial charge in [-0.15, -0.1) is 0 Å². The van der Waals surface area contributed by atoms with Gasteiger partial charge in [0.25, 0.3) is 5.91 Å². The van der Waals surface area contributed by atoms with Crippen LogP contribution in [-0.2, 0) is 0 Å². The molecule has 0 saturated heterocycles. The number of rotatable bonds is 3. The second-order valence-corrected chi connectivity index (χ2v) is 4.90. The Labute approximate surface area is 130 Å². The van der Waals surface area contributed by atoms with Gasteiger partial charge in [0, 0.05) is 17.3 Å². The maximum Gasteiger partial charge on any atom is 0.294 e. The van der Waals surface area contributed by atoms with Gasteiger partial charge in [0.15, 0.2) is 5.58 Å². The minimum atomic E-state index is -0.364. The van der Waals surface area contributed by atoms with Crippen LogP contribution >= 0.6 is 0 Å². The summed E-state index contributed by atoms with van der Waals surface area (Å²) in [6, 6.07) is 16.3. The van der Waals surface area contributed by atoms with E-state index in [-0.39, 0.29) is 11.7 Å². The van der Waals surface area contributed by atoms with Crippen LogP contribution in [0.25, 0.3) is 22.6 Å². The third-order valence-electron chi connectivity index (χ3n) is 3.32. The number of nitrogens with zero attached hydrogens (tertiary/aromatic N) is 2. The van der Waals surface area contributed by atoms with Gasteiger partial charge in [-0.1, -0.05) is 23.4 Å². The van der Waals surface area contributed by atoms with Gasteiger partial charge in [0.1, 0.15) is 5.52 Å². The first-order chi connectivity index (χ1) is 11.3. The monoisotopic (exact) mass is 305 g/mol. The Hall–Kier alpha value is -3.41. The van der Waals surface area contributed by atoms with E-state index in [1.807, 2.05) is 36.4 Å². The number of carbonyl (C=O) groups excluding carboxylic acids is 1. The molecule has 1 amide bonds. The number of carbonyl (C=O) groups is 1. The highest BCUT2D eigenvalue weighted by molar-refractivity contribution is 6.02.